The first-order chi connectivity index (χ1) is 15.0. The topological polar surface area (TPSA) is 95.7 Å². The van der Waals surface area contributed by atoms with E-state index in [1.165, 1.54) is 5.56 Å². The number of rotatable bonds is 10. The molecule has 32 heavy (non-hydrogen) atoms. The van der Waals surface area contributed by atoms with Crippen LogP contribution >= 0.6 is 24.0 Å². The summed E-state index contributed by atoms with van der Waals surface area (Å²) >= 11 is 0. The van der Waals surface area contributed by atoms with Crippen molar-refractivity contribution in [1.29, 1.82) is 0 Å². The van der Waals surface area contributed by atoms with Crippen LogP contribution in [0.5, 0.6) is 0 Å². The smallest absolute Gasteiger partial charge is 0.228 e. The number of carbonyl (C=O) groups is 1. The van der Waals surface area contributed by atoms with Crippen LogP contribution in [-0.2, 0) is 17.6 Å². The lowest BCUT2D eigenvalue weighted by atomic mass is 10.1. The zero-order valence-corrected chi connectivity index (χ0v) is 21.5. The van der Waals surface area contributed by atoms with Crippen molar-refractivity contribution in [2.75, 3.05) is 32.7 Å². The molecule has 1 aliphatic rings. The second-order valence-electron chi connectivity index (χ2n) is 8.24. The lowest BCUT2D eigenvalue weighted by Gasteiger charge is -2.16. The Bertz CT molecular complexity index is 855. The SMILES string of the molecule is CCNC(=NCC1CC(=O)N(CCc2ccccc2)C1)NCCc1nc(C(C)C)no1.I. The van der Waals surface area contributed by atoms with Crippen molar-refractivity contribution in [3.63, 3.8) is 0 Å². The van der Waals surface area contributed by atoms with Crippen molar-refractivity contribution in [2.24, 2.45) is 10.9 Å². The highest BCUT2D eigenvalue weighted by Gasteiger charge is 2.29. The second kappa shape index (κ2) is 13.4. The van der Waals surface area contributed by atoms with Gasteiger partial charge in [0.2, 0.25) is 11.8 Å². The average molecular weight is 554 g/mol. The van der Waals surface area contributed by atoms with Gasteiger partial charge < -0.3 is 20.1 Å². The van der Waals surface area contributed by atoms with E-state index < -0.39 is 0 Å². The van der Waals surface area contributed by atoms with E-state index in [-0.39, 0.29) is 41.7 Å². The molecule has 1 amide bonds. The number of halogens is 1. The summed E-state index contributed by atoms with van der Waals surface area (Å²) in [7, 11) is 0. The van der Waals surface area contributed by atoms with Crippen LogP contribution in [0.15, 0.2) is 39.8 Å². The highest BCUT2D eigenvalue weighted by atomic mass is 127. The number of aromatic nitrogens is 2. The number of hydrogen-bond donors (Lipinski definition) is 2. The predicted octanol–water partition coefficient (Wildman–Crippen LogP) is 3.00. The number of benzene rings is 1. The maximum Gasteiger partial charge on any atom is 0.228 e. The first-order valence-electron chi connectivity index (χ1n) is 11.2. The van der Waals surface area contributed by atoms with Crippen molar-refractivity contribution in [2.45, 2.75) is 46.0 Å². The molecule has 2 aromatic rings. The van der Waals surface area contributed by atoms with Gasteiger partial charge in [-0.3, -0.25) is 9.79 Å². The maximum absolute atomic E-state index is 12.4. The molecule has 1 saturated heterocycles. The quantitative estimate of drug-likeness (QED) is 0.267. The third-order valence-corrected chi connectivity index (χ3v) is 5.29. The summed E-state index contributed by atoms with van der Waals surface area (Å²) in [5.74, 6) is 2.85. The van der Waals surface area contributed by atoms with Crippen LogP contribution in [0, 0.1) is 5.92 Å². The summed E-state index contributed by atoms with van der Waals surface area (Å²) in [6.45, 7) is 9.71. The highest BCUT2D eigenvalue weighted by Crippen LogP contribution is 2.18. The van der Waals surface area contributed by atoms with Crippen molar-refractivity contribution in [1.82, 2.24) is 25.7 Å². The fourth-order valence-corrected chi connectivity index (χ4v) is 3.56. The monoisotopic (exact) mass is 554 g/mol. The summed E-state index contributed by atoms with van der Waals surface area (Å²) in [5, 5.41) is 10.6. The molecule has 2 N–H and O–H groups in total. The van der Waals surface area contributed by atoms with E-state index in [1.807, 2.05) is 43.9 Å². The van der Waals surface area contributed by atoms with Gasteiger partial charge in [-0.05, 0) is 18.9 Å². The second-order valence-corrected chi connectivity index (χ2v) is 8.24. The minimum atomic E-state index is 0. The number of likely N-dealkylation sites (tertiary alicyclic amines) is 1. The average Bonchev–Trinajstić information content (AvgIpc) is 3.38. The van der Waals surface area contributed by atoms with Crippen LogP contribution in [0.3, 0.4) is 0 Å². The number of guanidine groups is 1. The van der Waals surface area contributed by atoms with Gasteiger partial charge in [0.1, 0.15) is 0 Å². The van der Waals surface area contributed by atoms with Gasteiger partial charge in [0.05, 0.1) is 0 Å². The molecule has 0 saturated carbocycles. The van der Waals surface area contributed by atoms with Gasteiger partial charge in [0, 0.05) is 57.4 Å². The Morgan fingerprint density at radius 1 is 1.25 bits per heavy atom. The number of nitrogens with zero attached hydrogens (tertiary/aromatic N) is 4. The van der Waals surface area contributed by atoms with Gasteiger partial charge in [0.25, 0.3) is 0 Å². The molecule has 9 heteroatoms. The van der Waals surface area contributed by atoms with Gasteiger partial charge in [-0.1, -0.05) is 49.3 Å². The van der Waals surface area contributed by atoms with Gasteiger partial charge >= 0.3 is 0 Å². The van der Waals surface area contributed by atoms with Gasteiger partial charge in [0.15, 0.2) is 11.8 Å². The Morgan fingerprint density at radius 3 is 2.72 bits per heavy atom. The molecule has 3 rings (SSSR count). The van der Waals surface area contributed by atoms with Gasteiger partial charge in [-0.25, -0.2) is 0 Å². The molecular formula is C23H35IN6O2. The Hall–Kier alpha value is -2.17. The van der Waals surface area contributed by atoms with Crippen LogP contribution in [0.2, 0.25) is 0 Å². The van der Waals surface area contributed by atoms with E-state index >= 15 is 0 Å². The first kappa shape index (κ1) is 26.1. The zero-order valence-electron chi connectivity index (χ0n) is 19.2. The van der Waals surface area contributed by atoms with Gasteiger partial charge in [-0.2, -0.15) is 4.98 Å². The zero-order chi connectivity index (χ0) is 22.1. The van der Waals surface area contributed by atoms with Crippen LogP contribution in [0.1, 0.15) is 50.4 Å². The van der Waals surface area contributed by atoms with E-state index in [0.29, 0.717) is 31.8 Å². The molecule has 2 heterocycles. The number of aliphatic imine (C=N–C) groups is 1. The fourth-order valence-electron chi connectivity index (χ4n) is 3.56. The lowest BCUT2D eigenvalue weighted by molar-refractivity contribution is -0.127. The van der Waals surface area contributed by atoms with Crippen LogP contribution in [-0.4, -0.2) is 59.6 Å². The Kier molecular flexibility index (Phi) is 10.9. The van der Waals surface area contributed by atoms with Crippen molar-refractivity contribution < 1.29 is 9.32 Å². The number of hydrogen-bond acceptors (Lipinski definition) is 5. The molecule has 0 spiro atoms. The Balaban J connectivity index is 0.00000363. The molecule has 1 fully saturated rings. The molecule has 1 aromatic heterocycles. The highest BCUT2D eigenvalue weighted by molar-refractivity contribution is 14.0. The molecule has 0 radical (unpaired) electrons. The van der Waals surface area contributed by atoms with E-state index in [9.17, 15) is 4.79 Å². The maximum atomic E-state index is 12.4. The molecule has 1 atom stereocenters. The minimum absolute atomic E-state index is 0. The van der Waals surface area contributed by atoms with E-state index in [0.717, 1.165) is 37.8 Å². The summed E-state index contributed by atoms with van der Waals surface area (Å²) < 4.78 is 5.28. The van der Waals surface area contributed by atoms with Crippen molar-refractivity contribution >= 4 is 35.8 Å². The lowest BCUT2D eigenvalue weighted by Crippen LogP contribution is -2.38. The van der Waals surface area contributed by atoms with Crippen LogP contribution < -0.4 is 10.6 Å². The summed E-state index contributed by atoms with van der Waals surface area (Å²) in [4.78, 5) is 23.4. The molecule has 8 nitrogen and oxygen atoms in total. The predicted molar refractivity (Wildman–Crippen MR) is 136 cm³/mol. The minimum Gasteiger partial charge on any atom is -0.357 e. The summed E-state index contributed by atoms with van der Waals surface area (Å²) in [6, 6.07) is 10.3. The van der Waals surface area contributed by atoms with E-state index in [1.54, 1.807) is 0 Å². The van der Waals surface area contributed by atoms with E-state index in [2.05, 4.69) is 32.9 Å². The van der Waals surface area contributed by atoms with Crippen LogP contribution in [0.4, 0.5) is 0 Å². The van der Waals surface area contributed by atoms with E-state index in [4.69, 9.17) is 9.52 Å². The summed E-state index contributed by atoms with van der Waals surface area (Å²) in [6.07, 6.45) is 2.10. The fraction of sp³-hybridized carbons (Fsp3) is 0.565. The van der Waals surface area contributed by atoms with Gasteiger partial charge in [-0.15, -0.1) is 24.0 Å². The van der Waals surface area contributed by atoms with Crippen LogP contribution in [0.25, 0.3) is 0 Å². The molecular weight excluding hydrogens is 519 g/mol. The molecule has 176 valence electrons. The number of amides is 1. The molecule has 0 aliphatic carbocycles. The third-order valence-electron chi connectivity index (χ3n) is 5.29. The van der Waals surface area contributed by atoms with Crippen molar-refractivity contribution in [3.05, 3.63) is 47.6 Å². The third kappa shape index (κ3) is 8.07. The largest absolute Gasteiger partial charge is 0.357 e. The Morgan fingerprint density at radius 2 is 2.03 bits per heavy atom. The number of carbonyl (C=O) groups excluding carboxylic acids is 1. The molecule has 1 aliphatic heterocycles. The number of nitrogens with one attached hydrogen (secondary N) is 2. The molecule has 1 aromatic carbocycles. The molecule has 0 bridgehead atoms. The summed E-state index contributed by atoms with van der Waals surface area (Å²) in [5.41, 5.74) is 1.26. The molecule has 1 unspecified atom stereocenters. The van der Waals surface area contributed by atoms with Crippen molar-refractivity contribution in [3.8, 4) is 0 Å². The first-order valence-corrected chi connectivity index (χ1v) is 11.2. The normalized spacial score (nSPS) is 16.4. The Labute approximate surface area is 207 Å². The standard InChI is InChI=1S/C23H34N6O2.HI/c1-4-24-23(25-12-10-20-27-22(17(2)3)28-31-20)26-15-19-14-21(30)29(16-19)13-11-18-8-6-5-7-9-18;/h5-9,17,19H,4,10-16H2,1-3H3,(H2,24,25,26);1H.